The molecule has 0 unspecified atom stereocenters. The second-order valence-electron chi connectivity index (χ2n) is 9.35. The highest BCUT2D eigenvalue weighted by molar-refractivity contribution is 6.68. The summed E-state index contributed by atoms with van der Waals surface area (Å²) < 4.78 is 12.8. The smallest absolute Gasteiger partial charge is 0.161 e. The molecule has 1 atom stereocenters. The summed E-state index contributed by atoms with van der Waals surface area (Å²) in [6.45, 7) is 4.60. The van der Waals surface area contributed by atoms with Crippen LogP contribution in [-0.4, -0.2) is 102 Å². The number of hydrogen-bond acceptors (Lipinski definition) is 7. The molecule has 1 saturated carbocycles. The zero-order chi connectivity index (χ0) is 27.8. The van der Waals surface area contributed by atoms with Gasteiger partial charge in [0.25, 0.3) is 0 Å². The molecule has 3 rings (SSSR count). The Kier molecular flexibility index (Phi) is 8.51. The number of anilines is 1. The van der Waals surface area contributed by atoms with Crippen molar-refractivity contribution < 1.29 is 9.47 Å². The van der Waals surface area contributed by atoms with E-state index in [4.69, 9.17) is 78.0 Å². The molecule has 172 valence electrons. The fourth-order valence-corrected chi connectivity index (χ4v) is 4.94. The third kappa shape index (κ3) is 4.83. The number of nitrogens with zero attached hydrogens (tertiary/aromatic N) is 5. The van der Waals surface area contributed by atoms with Gasteiger partial charge in [0.1, 0.15) is 12.1 Å². The van der Waals surface area contributed by atoms with Gasteiger partial charge in [0.2, 0.25) is 0 Å². The molecule has 1 aliphatic rings. The highest BCUT2D eigenvalue weighted by atomic mass is 16.7. The fraction of sp³-hybridized carbons (Fsp3) is 0.619. The maximum Gasteiger partial charge on any atom is 0.161 e. The van der Waals surface area contributed by atoms with Crippen molar-refractivity contribution >= 4 is 68.6 Å². The summed E-state index contributed by atoms with van der Waals surface area (Å²) in [5.41, 5.74) is 7.82. The zero-order valence-electron chi connectivity index (χ0n) is 21.0. The van der Waals surface area contributed by atoms with Gasteiger partial charge in [-0.25, -0.2) is 9.97 Å². The standard InChI is InChI=1S/C21H22B8N6O2/c1-3-36-14(37-4-2)7-12-15(32-10-33-17(12)31)11-8-34-35(9-11)13(5-6-30)16-18(22,23)20(26,27)21(28,29)19(16,24)25/h8-10,13-14,16H,3-5,7H2,1-2H3,(H2,31,32,33)/t13-/m1/s1. The van der Waals surface area contributed by atoms with E-state index in [1.165, 1.54) is 17.2 Å². The summed E-state index contributed by atoms with van der Waals surface area (Å²) in [6.07, 6.45) is 4.04. The van der Waals surface area contributed by atoms with E-state index in [1.54, 1.807) is 6.20 Å². The lowest BCUT2D eigenvalue weighted by molar-refractivity contribution is -0.134. The molecule has 2 aromatic rings. The van der Waals surface area contributed by atoms with Gasteiger partial charge in [-0.3, -0.25) is 4.68 Å². The van der Waals surface area contributed by atoms with E-state index >= 15 is 0 Å². The average molecular weight is 477 g/mol. The van der Waals surface area contributed by atoms with E-state index in [0.29, 0.717) is 30.0 Å². The first-order valence-corrected chi connectivity index (χ1v) is 11.7. The zero-order valence-corrected chi connectivity index (χ0v) is 21.0. The molecule has 0 aromatic carbocycles. The molecule has 1 aliphatic carbocycles. The number of nitrogens with two attached hydrogens (primary N) is 1. The lowest BCUT2D eigenvalue weighted by Crippen LogP contribution is -2.39. The Labute approximate surface area is 229 Å². The third-order valence-corrected chi connectivity index (χ3v) is 7.10. The van der Waals surface area contributed by atoms with Crippen LogP contribution in [0.25, 0.3) is 11.3 Å². The molecular weight excluding hydrogens is 455 g/mol. The monoisotopic (exact) mass is 478 g/mol. The van der Waals surface area contributed by atoms with Crippen LogP contribution >= 0.6 is 0 Å². The van der Waals surface area contributed by atoms with Crippen molar-refractivity contribution in [2.75, 3.05) is 18.9 Å². The molecule has 2 aromatic heterocycles. The first kappa shape index (κ1) is 29.6. The van der Waals surface area contributed by atoms with Gasteiger partial charge in [0, 0.05) is 37.0 Å². The van der Waals surface area contributed by atoms with Crippen molar-refractivity contribution in [2.24, 2.45) is 5.92 Å². The van der Waals surface area contributed by atoms with E-state index in [0.717, 1.165) is 0 Å². The third-order valence-electron chi connectivity index (χ3n) is 7.10. The highest BCUT2D eigenvalue weighted by Gasteiger charge is 2.65. The van der Waals surface area contributed by atoms with E-state index in [9.17, 15) is 5.26 Å². The minimum atomic E-state index is -2.10. The lowest BCUT2D eigenvalue weighted by atomic mass is 9.17. The SMILES string of the molecule is [B]C1([B])C([C@@H](CC#N)n2cc(-c3ncnc(N)c3CC(OCC)OCC)cn2)C([B])([B])C([B])([B])C1([B])[B]. The fourth-order valence-electron chi connectivity index (χ4n) is 4.94. The number of rotatable bonds is 10. The van der Waals surface area contributed by atoms with Crippen molar-refractivity contribution in [3.8, 4) is 17.3 Å². The van der Waals surface area contributed by atoms with Crippen LogP contribution < -0.4 is 5.73 Å². The molecule has 8 nitrogen and oxygen atoms in total. The van der Waals surface area contributed by atoms with Crippen molar-refractivity contribution in [1.29, 1.82) is 5.26 Å². The van der Waals surface area contributed by atoms with Gasteiger partial charge in [-0.1, -0.05) is 0 Å². The van der Waals surface area contributed by atoms with Crippen LogP contribution in [0.4, 0.5) is 5.82 Å². The highest BCUT2D eigenvalue weighted by Crippen LogP contribution is 2.80. The molecule has 16 heteroatoms. The summed E-state index contributed by atoms with van der Waals surface area (Å²) in [5.74, 6) is -0.919. The van der Waals surface area contributed by atoms with Gasteiger partial charge >= 0.3 is 0 Å². The van der Waals surface area contributed by atoms with Gasteiger partial charge in [-0.05, 0) is 19.8 Å². The second-order valence-corrected chi connectivity index (χ2v) is 9.35. The molecule has 2 N–H and O–H groups in total. The van der Waals surface area contributed by atoms with E-state index in [-0.39, 0.29) is 18.7 Å². The molecular formula is C21H22B8N6O2. The number of nitriles is 1. The molecule has 37 heavy (non-hydrogen) atoms. The van der Waals surface area contributed by atoms with Gasteiger partial charge in [-0.15, -0.1) is 20.9 Å². The average Bonchev–Trinajstić information content (AvgIpc) is 3.31. The van der Waals surface area contributed by atoms with Crippen LogP contribution in [0.15, 0.2) is 18.7 Å². The van der Waals surface area contributed by atoms with Gasteiger partial charge < -0.3 is 15.2 Å². The maximum absolute atomic E-state index is 9.62. The molecule has 0 aliphatic heterocycles. The van der Waals surface area contributed by atoms with Crippen LogP contribution in [0.3, 0.4) is 0 Å². The predicted molar refractivity (Wildman–Crippen MR) is 148 cm³/mol. The molecule has 0 amide bonds. The summed E-state index contributed by atoms with van der Waals surface area (Å²) in [5, 5.41) is 5.87. The van der Waals surface area contributed by atoms with Crippen molar-refractivity contribution in [2.45, 2.75) is 59.9 Å². The largest absolute Gasteiger partial charge is 0.383 e. The molecule has 0 saturated heterocycles. The molecule has 1 fully saturated rings. The van der Waals surface area contributed by atoms with E-state index < -0.39 is 39.1 Å². The van der Waals surface area contributed by atoms with Gasteiger partial charge in [0.05, 0.1) is 93.2 Å². The Hall–Kier alpha value is -1.98. The van der Waals surface area contributed by atoms with Crippen molar-refractivity contribution in [3.63, 3.8) is 0 Å². The molecule has 0 bridgehead atoms. The Balaban J connectivity index is 2.07. The van der Waals surface area contributed by atoms with Crippen LogP contribution in [-0.2, 0) is 15.9 Å². The van der Waals surface area contributed by atoms with E-state index in [2.05, 4.69) is 21.1 Å². The minimum Gasteiger partial charge on any atom is -0.383 e. The number of ether oxygens (including phenoxy) is 2. The summed E-state index contributed by atoms with van der Waals surface area (Å²) in [7, 11) is 50.3. The van der Waals surface area contributed by atoms with Crippen LogP contribution in [0.1, 0.15) is 31.9 Å². The molecule has 16 radical (unpaired) electrons. The Morgan fingerprint density at radius 3 is 2.11 bits per heavy atom. The number of aromatic nitrogens is 4. The van der Waals surface area contributed by atoms with Crippen molar-refractivity contribution in [1.82, 2.24) is 19.7 Å². The predicted octanol–water partition coefficient (Wildman–Crippen LogP) is -0.239. The van der Waals surface area contributed by atoms with E-state index in [1.807, 2.05) is 13.8 Å². The maximum atomic E-state index is 9.62. The summed E-state index contributed by atoms with van der Waals surface area (Å²) >= 11 is 0. The first-order valence-electron chi connectivity index (χ1n) is 11.7. The van der Waals surface area contributed by atoms with Crippen LogP contribution in [0.2, 0.25) is 20.9 Å². The quantitative estimate of drug-likeness (QED) is 0.372. The normalized spacial score (nSPS) is 20.5. The van der Waals surface area contributed by atoms with Crippen LogP contribution in [0.5, 0.6) is 0 Å². The number of hydrogen-bond donors (Lipinski definition) is 1. The second kappa shape index (κ2) is 10.6. The summed E-state index contributed by atoms with van der Waals surface area (Å²) in [4.78, 5) is 8.51. The van der Waals surface area contributed by atoms with Gasteiger partial charge in [-0.2, -0.15) is 10.4 Å². The Morgan fingerprint density at radius 1 is 1.03 bits per heavy atom. The molecule has 0 spiro atoms. The van der Waals surface area contributed by atoms with Crippen LogP contribution in [0, 0.1) is 17.2 Å². The Bertz CT molecular complexity index is 1120. The first-order chi connectivity index (χ1) is 17.2. The molecule has 2 heterocycles. The lowest BCUT2D eigenvalue weighted by Gasteiger charge is -2.51. The van der Waals surface area contributed by atoms with Gasteiger partial charge in [0.15, 0.2) is 6.29 Å². The van der Waals surface area contributed by atoms with Crippen molar-refractivity contribution in [3.05, 3.63) is 24.3 Å². The minimum absolute atomic E-state index is 0.167. The topological polar surface area (TPSA) is 112 Å². The summed E-state index contributed by atoms with van der Waals surface area (Å²) in [6, 6.07) is 1.16. The Morgan fingerprint density at radius 2 is 1.59 bits per heavy atom. The number of nitrogen functional groups attached to an aromatic ring is 1.